The van der Waals surface area contributed by atoms with Crippen molar-refractivity contribution in [2.75, 3.05) is 12.4 Å². The molecule has 1 fully saturated rings. The van der Waals surface area contributed by atoms with Crippen LogP contribution < -0.4 is 5.73 Å². The van der Waals surface area contributed by atoms with Gasteiger partial charge in [0, 0.05) is 5.88 Å². The average molecular weight is 162 g/mol. The standard InChI is InChI=1S/C8H16ClN/c9-5-7-3-1-2-4-8(7)6-10/h7-8H,1-6,10H2. The zero-order valence-electron chi connectivity index (χ0n) is 6.35. The fourth-order valence-corrected chi connectivity index (χ4v) is 2.20. The second kappa shape index (κ2) is 4.20. The first kappa shape index (κ1) is 8.35. The first-order valence-electron chi connectivity index (χ1n) is 4.14. The minimum absolute atomic E-state index is 0.709. The van der Waals surface area contributed by atoms with Crippen LogP contribution in [0.15, 0.2) is 0 Å². The molecule has 1 nitrogen and oxygen atoms in total. The summed E-state index contributed by atoms with van der Waals surface area (Å²) < 4.78 is 0. The Morgan fingerprint density at radius 2 is 1.80 bits per heavy atom. The molecule has 2 unspecified atom stereocenters. The normalized spacial score (nSPS) is 34.2. The van der Waals surface area contributed by atoms with Gasteiger partial charge < -0.3 is 5.73 Å². The highest BCUT2D eigenvalue weighted by atomic mass is 35.5. The average Bonchev–Trinajstić information content (AvgIpc) is 2.04. The third-order valence-corrected chi connectivity index (χ3v) is 2.96. The molecule has 0 bridgehead atoms. The summed E-state index contributed by atoms with van der Waals surface area (Å²) in [5.74, 6) is 2.23. The molecule has 2 N–H and O–H groups in total. The molecule has 1 saturated carbocycles. The van der Waals surface area contributed by atoms with E-state index in [9.17, 15) is 0 Å². The summed E-state index contributed by atoms with van der Waals surface area (Å²) in [6.45, 7) is 0.831. The topological polar surface area (TPSA) is 26.0 Å². The molecule has 1 aliphatic carbocycles. The Labute approximate surface area is 67.9 Å². The van der Waals surface area contributed by atoms with Crippen LogP contribution >= 0.6 is 11.6 Å². The monoisotopic (exact) mass is 161 g/mol. The molecule has 60 valence electrons. The van der Waals surface area contributed by atoms with Crippen molar-refractivity contribution < 1.29 is 0 Å². The Kier molecular flexibility index (Phi) is 3.50. The van der Waals surface area contributed by atoms with E-state index in [1.165, 1.54) is 25.7 Å². The molecule has 0 spiro atoms. The lowest BCUT2D eigenvalue weighted by molar-refractivity contribution is 0.266. The number of alkyl halides is 1. The van der Waals surface area contributed by atoms with E-state index >= 15 is 0 Å². The molecule has 1 rings (SSSR count). The van der Waals surface area contributed by atoms with Gasteiger partial charge in [0.05, 0.1) is 0 Å². The second-order valence-corrected chi connectivity index (χ2v) is 3.50. The van der Waals surface area contributed by atoms with E-state index < -0.39 is 0 Å². The molecule has 0 radical (unpaired) electrons. The summed E-state index contributed by atoms with van der Waals surface area (Å²) in [7, 11) is 0. The Morgan fingerprint density at radius 1 is 1.20 bits per heavy atom. The number of hydrogen-bond donors (Lipinski definition) is 1. The smallest absolute Gasteiger partial charge is 0.0254 e. The van der Waals surface area contributed by atoms with E-state index in [1.807, 2.05) is 0 Å². The zero-order chi connectivity index (χ0) is 7.40. The predicted molar refractivity (Wildman–Crippen MR) is 45.2 cm³/mol. The summed E-state index contributed by atoms with van der Waals surface area (Å²) >= 11 is 5.80. The SMILES string of the molecule is NCC1CCCCC1CCl. The lowest BCUT2D eigenvalue weighted by Gasteiger charge is -2.28. The fraction of sp³-hybridized carbons (Fsp3) is 1.00. The van der Waals surface area contributed by atoms with Crippen molar-refractivity contribution >= 4 is 11.6 Å². The molecule has 0 amide bonds. The van der Waals surface area contributed by atoms with Crippen LogP contribution in [0.2, 0.25) is 0 Å². The van der Waals surface area contributed by atoms with E-state index in [4.69, 9.17) is 17.3 Å². The van der Waals surface area contributed by atoms with Crippen molar-refractivity contribution in [3.8, 4) is 0 Å². The molecule has 0 aromatic rings. The molecular weight excluding hydrogens is 146 g/mol. The van der Waals surface area contributed by atoms with Crippen molar-refractivity contribution in [1.29, 1.82) is 0 Å². The quantitative estimate of drug-likeness (QED) is 0.616. The zero-order valence-corrected chi connectivity index (χ0v) is 7.11. The van der Waals surface area contributed by atoms with Crippen LogP contribution in [0.25, 0.3) is 0 Å². The summed E-state index contributed by atoms with van der Waals surface area (Å²) in [6, 6.07) is 0. The number of nitrogens with two attached hydrogens (primary N) is 1. The van der Waals surface area contributed by atoms with Crippen LogP contribution in [0.3, 0.4) is 0 Å². The van der Waals surface area contributed by atoms with Gasteiger partial charge in [0.15, 0.2) is 0 Å². The van der Waals surface area contributed by atoms with E-state index in [0.29, 0.717) is 11.8 Å². The first-order valence-corrected chi connectivity index (χ1v) is 4.68. The Hall–Kier alpha value is 0.250. The van der Waals surface area contributed by atoms with Crippen molar-refractivity contribution in [2.45, 2.75) is 25.7 Å². The van der Waals surface area contributed by atoms with E-state index in [0.717, 1.165) is 12.4 Å². The van der Waals surface area contributed by atoms with Gasteiger partial charge in [-0.2, -0.15) is 0 Å². The van der Waals surface area contributed by atoms with Crippen molar-refractivity contribution in [3.63, 3.8) is 0 Å². The number of rotatable bonds is 2. The lowest BCUT2D eigenvalue weighted by Crippen LogP contribution is -2.27. The van der Waals surface area contributed by atoms with Crippen LogP contribution in [0.4, 0.5) is 0 Å². The molecule has 10 heavy (non-hydrogen) atoms. The van der Waals surface area contributed by atoms with Gasteiger partial charge >= 0.3 is 0 Å². The summed E-state index contributed by atoms with van der Waals surface area (Å²) in [5.41, 5.74) is 5.61. The molecule has 0 heterocycles. The van der Waals surface area contributed by atoms with Gasteiger partial charge in [0.2, 0.25) is 0 Å². The maximum atomic E-state index is 5.80. The Bertz CT molecular complexity index is 83.3. The minimum atomic E-state index is 0.709. The molecule has 0 aliphatic heterocycles. The second-order valence-electron chi connectivity index (χ2n) is 3.19. The third kappa shape index (κ3) is 1.86. The van der Waals surface area contributed by atoms with Gasteiger partial charge in [0.25, 0.3) is 0 Å². The van der Waals surface area contributed by atoms with Gasteiger partial charge in [-0.3, -0.25) is 0 Å². The first-order chi connectivity index (χ1) is 4.88. The Balaban J connectivity index is 2.34. The van der Waals surface area contributed by atoms with Crippen LogP contribution in [-0.2, 0) is 0 Å². The predicted octanol–water partition coefficient (Wildman–Crippen LogP) is 1.99. The van der Waals surface area contributed by atoms with Crippen molar-refractivity contribution in [2.24, 2.45) is 17.6 Å². The van der Waals surface area contributed by atoms with E-state index in [1.54, 1.807) is 0 Å². The van der Waals surface area contributed by atoms with Crippen LogP contribution in [0.5, 0.6) is 0 Å². The van der Waals surface area contributed by atoms with Crippen LogP contribution in [-0.4, -0.2) is 12.4 Å². The molecular formula is C8H16ClN. The highest BCUT2D eigenvalue weighted by molar-refractivity contribution is 6.18. The molecule has 2 heteroatoms. The van der Waals surface area contributed by atoms with Crippen molar-refractivity contribution in [3.05, 3.63) is 0 Å². The third-order valence-electron chi connectivity index (χ3n) is 2.57. The van der Waals surface area contributed by atoms with Gasteiger partial charge in [-0.15, -0.1) is 11.6 Å². The van der Waals surface area contributed by atoms with Gasteiger partial charge in [-0.1, -0.05) is 12.8 Å². The number of hydrogen-bond acceptors (Lipinski definition) is 1. The van der Waals surface area contributed by atoms with Crippen LogP contribution in [0.1, 0.15) is 25.7 Å². The maximum Gasteiger partial charge on any atom is 0.0254 e. The Morgan fingerprint density at radius 3 is 2.20 bits per heavy atom. The lowest BCUT2D eigenvalue weighted by atomic mass is 9.80. The van der Waals surface area contributed by atoms with Gasteiger partial charge in [-0.05, 0) is 31.2 Å². The fourth-order valence-electron chi connectivity index (χ4n) is 1.80. The van der Waals surface area contributed by atoms with Gasteiger partial charge in [0.1, 0.15) is 0 Å². The molecule has 0 saturated heterocycles. The maximum absolute atomic E-state index is 5.80. The van der Waals surface area contributed by atoms with E-state index in [2.05, 4.69) is 0 Å². The highest BCUT2D eigenvalue weighted by Gasteiger charge is 2.22. The van der Waals surface area contributed by atoms with Gasteiger partial charge in [-0.25, -0.2) is 0 Å². The largest absolute Gasteiger partial charge is 0.330 e. The molecule has 1 aliphatic rings. The molecule has 0 aromatic heterocycles. The van der Waals surface area contributed by atoms with Crippen LogP contribution in [0, 0.1) is 11.8 Å². The summed E-state index contributed by atoms with van der Waals surface area (Å²) in [4.78, 5) is 0. The highest BCUT2D eigenvalue weighted by Crippen LogP contribution is 2.29. The van der Waals surface area contributed by atoms with Crippen molar-refractivity contribution in [1.82, 2.24) is 0 Å². The molecule has 2 atom stereocenters. The summed E-state index contributed by atoms with van der Waals surface area (Å²) in [6.07, 6.45) is 5.31. The number of halogens is 1. The summed E-state index contributed by atoms with van der Waals surface area (Å²) in [5, 5.41) is 0. The minimum Gasteiger partial charge on any atom is -0.330 e. The van der Waals surface area contributed by atoms with E-state index in [-0.39, 0.29) is 0 Å². The molecule has 0 aromatic carbocycles.